The molecule has 0 fully saturated rings. The molecule has 0 atom stereocenters. The summed E-state index contributed by atoms with van der Waals surface area (Å²) >= 11 is 0. The van der Waals surface area contributed by atoms with Crippen LogP contribution in [0.5, 0.6) is 11.5 Å². The van der Waals surface area contributed by atoms with E-state index in [0.29, 0.717) is 11.5 Å². The van der Waals surface area contributed by atoms with Crippen molar-refractivity contribution in [3.05, 3.63) is 124 Å². The van der Waals surface area contributed by atoms with Crippen LogP contribution in [0.25, 0.3) is 22.3 Å². The van der Waals surface area contributed by atoms with Crippen molar-refractivity contribution in [1.82, 2.24) is 0 Å². The second kappa shape index (κ2) is 13.4. The topological polar surface area (TPSA) is 40.5 Å². The zero-order valence-corrected chi connectivity index (χ0v) is 18.3. The molecule has 2 N–H and O–H groups in total. The molecule has 4 rings (SSSR count). The van der Waals surface area contributed by atoms with Crippen LogP contribution in [0, 0.1) is 14.9 Å². The Bertz CT molecular complexity index is 873. The molecule has 4 aromatic rings. The number of phenolic OH excluding ortho intramolecular Hbond substituents is 2. The molecular formula is C26H26O2Ti. The summed E-state index contributed by atoms with van der Waals surface area (Å²) in [7, 11) is 0. The molecule has 0 bridgehead atoms. The van der Waals surface area contributed by atoms with E-state index >= 15 is 0 Å². The van der Waals surface area contributed by atoms with Gasteiger partial charge in [0, 0.05) is 11.1 Å². The smallest absolute Gasteiger partial charge is 0.507 e. The Balaban J connectivity index is 0.000000490. The Morgan fingerprint density at radius 3 is 0.966 bits per heavy atom. The fraction of sp³-hybridized carbons (Fsp3) is 0. The average Bonchev–Trinajstić information content (AvgIpc) is 2.71. The maximum atomic E-state index is 9.56. The number of hydrogen-bond acceptors (Lipinski definition) is 2. The number of benzene rings is 4. The Labute approximate surface area is 189 Å². The van der Waals surface area contributed by atoms with Crippen molar-refractivity contribution in [3.8, 4) is 33.8 Å². The molecule has 4 aromatic carbocycles. The fourth-order valence-corrected chi connectivity index (χ4v) is 2.67. The summed E-state index contributed by atoms with van der Waals surface area (Å²) < 4.78 is 0. The van der Waals surface area contributed by atoms with Crippen molar-refractivity contribution in [2.24, 2.45) is 0 Å². The van der Waals surface area contributed by atoms with Crippen molar-refractivity contribution in [2.75, 3.05) is 0 Å². The molecule has 0 aliphatic carbocycles. The molecule has 3 heteroatoms. The third kappa shape index (κ3) is 7.26. The van der Waals surface area contributed by atoms with E-state index in [2.05, 4.69) is 0 Å². The molecule has 0 saturated heterocycles. The molecule has 0 aliphatic rings. The van der Waals surface area contributed by atoms with Crippen molar-refractivity contribution >= 4 is 0 Å². The summed E-state index contributed by atoms with van der Waals surface area (Å²) in [4.78, 5) is 0. The number of hydrogen-bond donors (Lipinski definition) is 2. The molecule has 0 heterocycles. The zero-order chi connectivity index (χ0) is 18.2. The molecule has 2 nitrogen and oxygen atoms in total. The van der Waals surface area contributed by atoms with Gasteiger partial charge < -0.3 is 25.1 Å². The van der Waals surface area contributed by atoms with Crippen molar-refractivity contribution in [1.29, 1.82) is 0 Å². The van der Waals surface area contributed by atoms with Crippen LogP contribution in [-0.4, -0.2) is 10.2 Å². The normalized spacial score (nSPS) is 8.83. The Morgan fingerprint density at radius 2 is 0.655 bits per heavy atom. The first-order chi connectivity index (χ1) is 12.8. The van der Waals surface area contributed by atoms with Gasteiger partial charge in [0.25, 0.3) is 0 Å². The Morgan fingerprint density at radius 1 is 0.379 bits per heavy atom. The molecule has 0 aromatic heterocycles. The van der Waals surface area contributed by atoms with Gasteiger partial charge in [-0.15, -0.1) is 0 Å². The molecule has 0 radical (unpaired) electrons. The fourth-order valence-electron chi connectivity index (χ4n) is 2.67. The van der Waals surface area contributed by atoms with E-state index in [4.69, 9.17) is 0 Å². The van der Waals surface area contributed by atoms with E-state index in [1.165, 1.54) is 0 Å². The van der Waals surface area contributed by atoms with Gasteiger partial charge in [-0.05, 0) is 23.3 Å². The molecule has 0 unspecified atom stereocenters. The largest absolute Gasteiger partial charge is 2.00 e. The monoisotopic (exact) mass is 418 g/mol. The van der Waals surface area contributed by atoms with Crippen molar-refractivity contribution < 1.29 is 31.9 Å². The van der Waals surface area contributed by atoms with Crippen LogP contribution in [0.4, 0.5) is 0 Å². The first-order valence-electron chi connectivity index (χ1n) is 8.42. The van der Waals surface area contributed by atoms with Crippen LogP contribution >= 0.6 is 0 Å². The molecule has 0 aliphatic heterocycles. The Hall–Kier alpha value is -2.81. The SMILES string of the molecule is Oc1ccccc1-c1ccccc1.Oc1ccccc1-c1ccccc1.[CH3-].[CH3-].[Ti+2]. The van der Waals surface area contributed by atoms with Gasteiger partial charge in [-0.3, -0.25) is 0 Å². The summed E-state index contributed by atoms with van der Waals surface area (Å²) in [6, 6.07) is 34.4. The number of phenols is 2. The molecule has 0 saturated carbocycles. The van der Waals surface area contributed by atoms with Crippen LogP contribution in [0.15, 0.2) is 109 Å². The first-order valence-corrected chi connectivity index (χ1v) is 8.42. The standard InChI is InChI=1S/2C12H10O.2CH3.Ti/c2*13-12-9-5-4-8-11(12)10-6-2-1-3-7-10;;;/h2*1-9,13H;2*1H3;/q;;2*-1;+2. The minimum Gasteiger partial charge on any atom is -0.507 e. The van der Waals surface area contributed by atoms with Crippen LogP contribution in [0.2, 0.25) is 0 Å². The third-order valence-electron chi connectivity index (χ3n) is 3.98. The summed E-state index contributed by atoms with van der Waals surface area (Å²) in [5, 5.41) is 19.1. The summed E-state index contributed by atoms with van der Waals surface area (Å²) in [6.07, 6.45) is 0. The van der Waals surface area contributed by atoms with Crippen LogP contribution < -0.4 is 0 Å². The second-order valence-electron chi connectivity index (χ2n) is 5.77. The summed E-state index contributed by atoms with van der Waals surface area (Å²) in [5.41, 5.74) is 3.84. The third-order valence-corrected chi connectivity index (χ3v) is 3.98. The molecule has 146 valence electrons. The number of aromatic hydroxyl groups is 2. The molecule has 0 amide bonds. The van der Waals surface area contributed by atoms with Crippen LogP contribution in [0.3, 0.4) is 0 Å². The minimum absolute atomic E-state index is 0. The van der Waals surface area contributed by atoms with Gasteiger partial charge in [-0.1, -0.05) is 97.1 Å². The molecule has 29 heavy (non-hydrogen) atoms. The number of para-hydroxylation sites is 2. The number of rotatable bonds is 2. The minimum atomic E-state index is 0. The van der Waals surface area contributed by atoms with Crippen molar-refractivity contribution in [3.63, 3.8) is 0 Å². The van der Waals surface area contributed by atoms with E-state index in [9.17, 15) is 10.2 Å². The molecular weight excluding hydrogens is 392 g/mol. The van der Waals surface area contributed by atoms with Gasteiger partial charge in [-0.2, -0.15) is 0 Å². The summed E-state index contributed by atoms with van der Waals surface area (Å²) in [5.74, 6) is 0.655. The van der Waals surface area contributed by atoms with Crippen LogP contribution in [-0.2, 0) is 21.7 Å². The van der Waals surface area contributed by atoms with E-state index in [1.54, 1.807) is 12.1 Å². The predicted molar refractivity (Wildman–Crippen MR) is 120 cm³/mol. The molecule has 0 spiro atoms. The predicted octanol–water partition coefficient (Wildman–Crippen LogP) is 7.02. The van der Waals surface area contributed by atoms with Gasteiger partial charge in [-0.25, -0.2) is 0 Å². The van der Waals surface area contributed by atoms with Crippen LogP contribution in [0.1, 0.15) is 0 Å². The first kappa shape index (κ1) is 26.2. The van der Waals surface area contributed by atoms with E-state index in [1.807, 2.05) is 97.1 Å². The van der Waals surface area contributed by atoms with Gasteiger partial charge in [0.2, 0.25) is 0 Å². The Kier molecular flexibility index (Phi) is 12.1. The van der Waals surface area contributed by atoms with E-state index < -0.39 is 0 Å². The van der Waals surface area contributed by atoms with Crippen molar-refractivity contribution in [2.45, 2.75) is 0 Å². The second-order valence-corrected chi connectivity index (χ2v) is 5.77. The maximum Gasteiger partial charge on any atom is 2.00 e. The van der Waals surface area contributed by atoms with E-state index in [-0.39, 0.29) is 36.6 Å². The maximum absolute atomic E-state index is 9.56. The van der Waals surface area contributed by atoms with Gasteiger partial charge in [0.05, 0.1) is 0 Å². The van der Waals surface area contributed by atoms with E-state index in [0.717, 1.165) is 22.3 Å². The average molecular weight is 418 g/mol. The summed E-state index contributed by atoms with van der Waals surface area (Å²) in [6.45, 7) is 0. The van der Waals surface area contributed by atoms with Gasteiger partial charge >= 0.3 is 21.7 Å². The van der Waals surface area contributed by atoms with Gasteiger partial charge in [0.15, 0.2) is 0 Å². The van der Waals surface area contributed by atoms with Gasteiger partial charge in [0.1, 0.15) is 11.5 Å². The quantitative estimate of drug-likeness (QED) is 0.271. The zero-order valence-electron chi connectivity index (χ0n) is 16.8.